The van der Waals surface area contributed by atoms with Gasteiger partial charge in [0.1, 0.15) is 5.54 Å². The van der Waals surface area contributed by atoms with Crippen molar-refractivity contribution in [2.24, 2.45) is 11.8 Å². The van der Waals surface area contributed by atoms with E-state index in [4.69, 9.17) is 4.74 Å². The molecule has 4 atom stereocenters. The molecule has 2 aliphatic heterocycles. The molecule has 0 aliphatic carbocycles. The van der Waals surface area contributed by atoms with Crippen LogP contribution in [0.15, 0.2) is 36.4 Å². The minimum atomic E-state index is -1.69. The van der Waals surface area contributed by atoms with Gasteiger partial charge in [-0.1, -0.05) is 44.2 Å². The molecule has 2 aromatic carbocycles. The number of fused-ring (bicyclic) bond motifs is 1. The van der Waals surface area contributed by atoms with Crippen LogP contribution in [0.5, 0.6) is 11.5 Å². The Morgan fingerprint density at radius 3 is 2.24 bits per heavy atom. The smallest absolute Gasteiger partial charge is 0.324 e. The number of anilines is 1. The number of rotatable bonds is 6. The zero-order valence-electron chi connectivity index (χ0n) is 19.1. The molecule has 3 N–H and O–H groups in total. The van der Waals surface area contributed by atoms with Gasteiger partial charge in [-0.3, -0.25) is 19.7 Å². The Hall–Kier alpha value is -3.39. The van der Waals surface area contributed by atoms with E-state index in [-0.39, 0.29) is 11.5 Å². The van der Waals surface area contributed by atoms with Crippen molar-refractivity contribution < 1.29 is 29.3 Å². The van der Waals surface area contributed by atoms with Crippen molar-refractivity contribution in [2.45, 2.75) is 45.2 Å². The molecule has 0 saturated carbocycles. The van der Waals surface area contributed by atoms with E-state index in [1.165, 1.54) is 18.9 Å². The third kappa shape index (κ3) is 3.20. The summed E-state index contributed by atoms with van der Waals surface area (Å²) in [6, 6.07) is 9.60. The van der Waals surface area contributed by atoms with Crippen LogP contribution in [-0.4, -0.2) is 40.6 Å². The lowest BCUT2D eigenvalue weighted by Gasteiger charge is -2.29. The lowest BCUT2D eigenvalue weighted by Crippen LogP contribution is -2.53. The number of ether oxygens (including phenoxy) is 1. The Bertz CT molecular complexity index is 1120. The van der Waals surface area contributed by atoms with Crippen LogP contribution in [0.25, 0.3) is 0 Å². The van der Waals surface area contributed by atoms with Gasteiger partial charge in [0, 0.05) is 11.6 Å². The number of methoxy groups -OCH3 is 1. The van der Waals surface area contributed by atoms with E-state index in [9.17, 15) is 24.6 Å². The van der Waals surface area contributed by atoms with Crippen molar-refractivity contribution in [1.82, 2.24) is 5.32 Å². The number of nitrogens with one attached hydrogen (secondary N) is 1. The molecule has 8 heteroatoms. The first-order chi connectivity index (χ1) is 15.7. The first kappa shape index (κ1) is 22.8. The summed E-state index contributed by atoms with van der Waals surface area (Å²) in [5.74, 6) is -4.35. The number of phenols is 1. The van der Waals surface area contributed by atoms with Gasteiger partial charge in [-0.2, -0.15) is 0 Å². The Kier molecular flexibility index (Phi) is 5.66. The van der Waals surface area contributed by atoms with Crippen LogP contribution in [0.4, 0.5) is 5.69 Å². The third-order valence-electron chi connectivity index (χ3n) is 7.01. The number of hydrogen-bond acceptors (Lipinski definition) is 6. The molecular weight excluding hydrogens is 424 g/mol. The number of amides is 2. The van der Waals surface area contributed by atoms with Crippen LogP contribution < -0.4 is 15.0 Å². The van der Waals surface area contributed by atoms with Crippen LogP contribution in [-0.2, 0) is 27.2 Å². The number of carboxylic acid groups (broad SMARTS) is 1. The lowest BCUT2D eigenvalue weighted by molar-refractivity contribution is -0.147. The fourth-order valence-corrected chi connectivity index (χ4v) is 5.28. The molecule has 2 fully saturated rings. The molecule has 2 aliphatic rings. The number of aromatic hydroxyl groups is 1. The van der Waals surface area contributed by atoms with Gasteiger partial charge in [-0.05, 0) is 37.0 Å². The SMILES string of the molecule is CCc1cccc(CC)c1N1C(=O)C2C(c3cccc(OC)c3O)NC(C)(C(=O)O)C2C1=O. The second-order valence-corrected chi connectivity index (χ2v) is 8.67. The van der Waals surface area contributed by atoms with Crippen LogP contribution >= 0.6 is 0 Å². The van der Waals surface area contributed by atoms with Crippen molar-refractivity contribution in [3.05, 3.63) is 53.1 Å². The summed E-state index contributed by atoms with van der Waals surface area (Å²) in [5, 5.41) is 23.8. The van der Waals surface area contributed by atoms with Gasteiger partial charge in [0.15, 0.2) is 11.5 Å². The molecule has 2 aromatic rings. The fraction of sp³-hybridized carbons (Fsp3) is 0.400. The maximum absolute atomic E-state index is 13.9. The molecular formula is C25H28N2O6. The molecule has 4 unspecified atom stereocenters. The zero-order valence-corrected chi connectivity index (χ0v) is 19.1. The average Bonchev–Trinajstić information content (AvgIpc) is 3.26. The first-order valence-corrected chi connectivity index (χ1v) is 11.1. The van der Waals surface area contributed by atoms with Crippen molar-refractivity contribution in [2.75, 3.05) is 12.0 Å². The molecule has 174 valence electrons. The van der Waals surface area contributed by atoms with Crippen molar-refractivity contribution in [1.29, 1.82) is 0 Å². The molecule has 2 heterocycles. The maximum atomic E-state index is 13.9. The molecule has 0 aromatic heterocycles. The summed E-state index contributed by atoms with van der Waals surface area (Å²) in [6.45, 7) is 5.32. The van der Waals surface area contributed by atoms with E-state index >= 15 is 0 Å². The highest BCUT2D eigenvalue weighted by molar-refractivity contribution is 6.24. The minimum absolute atomic E-state index is 0.187. The van der Waals surface area contributed by atoms with Crippen LogP contribution in [0.2, 0.25) is 0 Å². The second kappa shape index (κ2) is 8.19. The van der Waals surface area contributed by atoms with Crippen LogP contribution in [0.3, 0.4) is 0 Å². The normalized spacial score (nSPS) is 26.5. The number of nitrogens with zero attached hydrogens (tertiary/aromatic N) is 1. The number of carboxylic acids is 1. The van der Waals surface area contributed by atoms with Gasteiger partial charge in [-0.25, -0.2) is 4.90 Å². The molecule has 2 amide bonds. The maximum Gasteiger partial charge on any atom is 0.324 e. The van der Waals surface area contributed by atoms with Gasteiger partial charge in [0.2, 0.25) is 11.8 Å². The number of carbonyl (C=O) groups excluding carboxylic acids is 2. The number of aryl methyl sites for hydroxylation is 2. The molecule has 0 radical (unpaired) electrons. The Balaban J connectivity index is 1.90. The highest BCUT2D eigenvalue weighted by Gasteiger charge is 2.67. The van der Waals surface area contributed by atoms with E-state index in [2.05, 4.69) is 5.32 Å². The Morgan fingerprint density at radius 1 is 1.09 bits per heavy atom. The monoisotopic (exact) mass is 452 g/mol. The number of imide groups is 1. The predicted molar refractivity (Wildman–Crippen MR) is 121 cm³/mol. The molecule has 33 heavy (non-hydrogen) atoms. The predicted octanol–water partition coefficient (Wildman–Crippen LogP) is 2.82. The largest absolute Gasteiger partial charge is 0.504 e. The summed E-state index contributed by atoms with van der Waals surface area (Å²) >= 11 is 0. The number of hydrogen-bond donors (Lipinski definition) is 3. The number of benzene rings is 2. The molecule has 4 rings (SSSR count). The number of para-hydroxylation sites is 2. The van der Waals surface area contributed by atoms with E-state index < -0.39 is 41.2 Å². The molecule has 0 spiro atoms. The average molecular weight is 453 g/mol. The summed E-state index contributed by atoms with van der Waals surface area (Å²) in [4.78, 5) is 41.1. The summed E-state index contributed by atoms with van der Waals surface area (Å²) in [5.41, 5.74) is 0.869. The Morgan fingerprint density at radius 2 is 1.70 bits per heavy atom. The number of carbonyl (C=O) groups is 3. The van der Waals surface area contributed by atoms with Crippen LogP contribution in [0.1, 0.15) is 43.5 Å². The van der Waals surface area contributed by atoms with E-state index in [0.29, 0.717) is 24.1 Å². The highest BCUT2D eigenvalue weighted by Crippen LogP contribution is 2.52. The summed E-state index contributed by atoms with van der Waals surface area (Å²) in [6.07, 6.45) is 1.23. The highest BCUT2D eigenvalue weighted by atomic mass is 16.5. The number of aliphatic carboxylic acids is 1. The second-order valence-electron chi connectivity index (χ2n) is 8.67. The molecule has 8 nitrogen and oxygen atoms in total. The van der Waals surface area contributed by atoms with Crippen molar-refractivity contribution in [3.63, 3.8) is 0 Å². The summed E-state index contributed by atoms with van der Waals surface area (Å²) < 4.78 is 5.20. The van der Waals surface area contributed by atoms with Gasteiger partial charge < -0.3 is 14.9 Å². The van der Waals surface area contributed by atoms with Gasteiger partial charge >= 0.3 is 5.97 Å². The minimum Gasteiger partial charge on any atom is -0.504 e. The first-order valence-electron chi connectivity index (χ1n) is 11.1. The van der Waals surface area contributed by atoms with E-state index in [0.717, 1.165) is 11.1 Å². The van der Waals surface area contributed by atoms with Gasteiger partial charge in [0.25, 0.3) is 0 Å². The van der Waals surface area contributed by atoms with E-state index in [1.807, 2.05) is 32.0 Å². The fourth-order valence-electron chi connectivity index (χ4n) is 5.28. The van der Waals surface area contributed by atoms with Crippen molar-refractivity contribution >= 4 is 23.5 Å². The quantitative estimate of drug-likeness (QED) is 0.577. The lowest BCUT2D eigenvalue weighted by atomic mass is 9.80. The summed E-state index contributed by atoms with van der Waals surface area (Å²) in [7, 11) is 1.41. The van der Waals surface area contributed by atoms with Crippen molar-refractivity contribution in [3.8, 4) is 11.5 Å². The zero-order chi connectivity index (χ0) is 24.1. The standard InChI is InChI=1S/C25H28N2O6/c1-5-13-9-7-10-14(6-2)20(13)27-22(29)17-18(23(27)30)25(3,24(31)32)26-19(17)15-11-8-12-16(33-4)21(15)28/h7-12,17-19,26,28H,5-6H2,1-4H3,(H,31,32). The topological polar surface area (TPSA) is 116 Å². The number of phenolic OH excluding ortho intramolecular Hbond substituents is 1. The van der Waals surface area contributed by atoms with E-state index in [1.54, 1.807) is 18.2 Å². The Labute approximate surface area is 192 Å². The third-order valence-corrected chi connectivity index (χ3v) is 7.01. The molecule has 0 bridgehead atoms. The molecule has 2 saturated heterocycles. The van der Waals surface area contributed by atoms with Gasteiger partial charge in [0.05, 0.1) is 24.6 Å². The van der Waals surface area contributed by atoms with Crippen LogP contribution in [0, 0.1) is 11.8 Å². The van der Waals surface area contributed by atoms with Gasteiger partial charge in [-0.15, -0.1) is 0 Å².